The minimum atomic E-state index is -0.0450. The third-order valence-electron chi connectivity index (χ3n) is 5.77. The Morgan fingerprint density at radius 3 is 2.38 bits per heavy atom. The van der Waals surface area contributed by atoms with E-state index in [0.29, 0.717) is 24.4 Å². The molecule has 0 unspecified atom stereocenters. The van der Waals surface area contributed by atoms with Gasteiger partial charge in [-0.1, -0.05) is 25.0 Å². The SMILES string of the molecule is C[C@@H](CC1CC1)NCCN1C(=O)[C@@H]2[C@H](C1=O)[C@H]1C=C[C@H]2C1. The fraction of sp³-hybridized carbons (Fsp3) is 0.765. The summed E-state index contributed by atoms with van der Waals surface area (Å²) in [6.45, 7) is 3.47. The predicted molar refractivity (Wildman–Crippen MR) is 79.2 cm³/mol. The lowest BCUT2D eigenvalue weighted by Gasteiger charge is -2.19. The first-order valence-corrected chi connectivity index (χ1v) is 8.42. The number of likely N-dealkylation sites (tertiary alicyclic amines) is 1. The molecule has 4 nitrogen and oxygen atoms in total. The largest absolute Gasteiger partial charge is 0.312 e. The Hall–Kier alpha value is -1.16. The number of imide groups is 1. The summed E-state index contributed by atoms with van der Waals surface area (Å²) in [7, 11) is 0. The number of amides is 2. The average Bonchev–Trinajstić information content (AvgIpc) is 2.95. The van der Waals surface area contributed by atoms with E-state index in [4.69, 9.17) is 0 Å². The number of hydrogen-bond acceptors (Lipinski definition) is 3. The standard InChI is InChI=1S/C17H24N2O2/c1-10(8-11-2-3-11)18-6-7-19-16(20)14-12-4-5-13(9-12)15(14)17(19)21/h4-5,10-15,18H,2-3,6-9H2,1H3/t10-,12-,13-,14-,15+/m0/s1. The fourth-order valence-corrected chi connectivity index (χ4v) is 4.54. The first kappa shape index (κ1) is 13.5. The topological polar surface area (TPSA) is 49.4 Å². The lowest BCUT2D eigenvalue weighted by atomic mass is 9.85. The van der Waals surface area contributed by atoms with Crippen LogP contribution in [0.3, 0.4) is 0 Å². The molecule has 21 heavy (non-hydrogen) atoms. The molecule has 2 amide bonds. The van der Waals surface area contributed by atoms with E-state index >= 15 is 0 Å². The summed E-state index contributed by atoms with van der Waals surface area (Å²) >= 11 is 0. The van der Waals surface area contributed by atoms with E-state index in [2.05, 4.69) is 24.4 Å². The van der Waals surface area contributed by atoms with Gasteiger partial charge in [-0.3, -0.25) is 14.5 Å². The smallest absolute Gasteiger partial charge is 0.233 e. The molecule has 3 aliphatic carbocycles. The van der Waals surface area contributed by atoms with Crippen LogP contribution in [0, 0.1) is 29.6 Å². The van der Waals surface area contributed by atoms with E-state index in [1.165, 1.54) is 24.2 Å². The lowest BCUT2D eigenvalue weighted by molar-refractivity contribution is -0.140. The zero-order valence-electron chi connectivity index (χ0n) is 12.6. The molecular formula is C17H24N2O2. The second kappa shape index (κ2) is 4.94. The lowest BCUT2D eigenvalue weighted by Crippen LogP contribution is -2.40. The molecule has 0 aromatic rings. The third-order valence-corrected chi connectivity index (χ3v) is 5.77. The summed E-state index contributed by atoms with van der Waals surface area (Å²) in [6, 6.07) is 0.489. The Morgan fingerprint density at radius 2 is 1.81 bits per heavy atom. The monoisotopic (exact) mass is 288 g/mol. The molecular weight excluding hydrogens is 264 g/mol. The first-order valence-electron chi connectivity index (χ1n) is 8.42. The highest BCUT2D eigenvalue weighted by Crippen LogP contribution is 2.52. The van der Waals surface area contributed by atoms with Crippen molar-refractivity contribution in [2.75, 3.05) is 13.1 Å². The number of allylic oxidation sites excluding steroid dienone is 2. The van der Waals surface area contributed by atoms with Crippen LogP contribution in [0.5, 0.6) is 0 Å². The van der Waals surface area contributed by atoms with Gasteiger partial charge in [0.1, 0.15) is 0 Å². The number of nitrogens with zero attached hydrogens (tertiary/aromatic N) is 1. The van der Waals surface area contributed by atoms with Crippen LogP contribution in [0.25, 0.3) is 0 Å². The van der Waals surface area contributed by atoms with Gasteiger partial charge in [-0.2, -0.15) is 0 Å². The molecule has 4 rings (SSSR count). The summed E-state index contributed by atoms with van der Waals surface area (Å²) < 4.78 is 0. The summed E-state index contributed by atoms with van der Waals surface area (Å²) in [5, 5.41) is 3.46. The Balaban J connectivity index is 1.32. The summed E-state index contributed by atoms with van der Waals surface area (Å²) in [5.74, 6) is 1.62. The van der Waals surface area contributed by atoms with Gasteiger partial charge >= 0.3 is 0 Å². The van der Waals surface area contributed by atoms with Crippen molar-refractivity contribution < 1.29 is 9.59 Å². The molecule has 1 aliphatic heterocycles. The molecule has 1 saturated heterocycles. The minimum absolute atomic E-state index is 0.0450. The van der Waals surface area contributed by atoms with Crippen LogP contribution < -0.4 is 5.32 Å². The maximum Gasteiger partial charge on any atom is 0.233 e. The van der Waals surface area contributed by atoms with Crippen molar-refractivity contribution in [2.45, 2.75) is 38.6 Å². The van der Waals surface area contributed by atoms with Gasteiger partial charge in [-0.25, -0.2) is 0 Å². The van der Waals surface area contributed by atoms with Crippen LogP contribution in [0.1, 0.15) is 32.6 Å². The van der Waals surface area contributed by atoms with Crippen LogP contribution in [-0.2, 0) is 9.59 Å². The van der Waals surface area contributed by atoms with Gasteiger partial charge in [0.15, 0.2) is 0 Å². The molecule has 2 saturated carbocycles. The molecule has 3 fully saturated rings. The number of hydrogen-bond donors (Lipinski definition) is 1. The Bertz CT molecular complexity index is 467. The molecule has 2 bridgehead atoms. The highest BCUT2D eigenvalue weighted by molar-refractivity contribution is 6.06. The van der Waals surface area contributed by atoms with Crippen molar-refractivity contribution in [3.8, 4) is 0 Å². The van der Waals surface area contributed by atoms with Crippen molar-refractivity contribution in [3.05, 3.63) is 12.2 Å². The maximum absolute atomic E-state index is 12.5. The molecule has 4 aliphatic rings. The number of carbonyl (C=O) groups excluding carboxylic acids is 2. The summed E-state index contributed by atoms with van der Waals surface area (Å²) in [6.07, 6.45) is 9.27. The predicted octanol–water partition coefficient (Wildman–Crippen LogP) is 1.57. The molecule has 1 N–H and O–H groups in total. The van der Waals surface area contributed by atoms with Crippen molar-refractivity contribution in [1.82, 2.24) is 10.2 Å². The van der Waals surface area contributed by atoms with E-state index in [1.54, 1.807) is 0 Å². The molecule has 0 aromatic carbocycles. The second-order valence-corrected chi connectivity index (χ2v) is 7.36. The van der Waals surface area contributed by atoms with Crippen LogP contribution in [-0.4, -0.2) is 35.8 Å². The zero-order chi connectivity index (χ0) is 14.6. The number of carbonyl (C=O) groups is 2. The Morgan fingerprint density at radius 1 is 1.19 bits per heavy atom. The molecule has 114 valence electrons. The maximum atomic E-state index is 12.5. The molecule has 0 spiro atoms. The van der Waals surface area contributed by atoms with Crippen LogP contribution in [0.15, 0.2) is 12.2 Å². The third kappa shape index (κ3) is 2.24. The number of nitrogens with one attached hydrogen (secondary N) is 1. The van der Waals surface area contributed by atoms with Gasteiger partial charge < -0.3 is 5.32 Å². The quantitative estimate of drug-likeness (QED) is 0.596. The van der Waals surface area contributed by atoms with E-state index in [-0.39, 0.29) is 23.7 Å². The minimum Gasteiger partial charge on any atom is -0.312 e. The van der Waals surface area contributed by atoms with Crippen molar-refractivity contribution in [2.24, 2.45) is 29.6 Å². The Kier molecular flexibility index (Phi) is 3.18. The van der Waals surface area contributed by atoms with Crippen LogP contribution >= 0.6 is 0 Å². The van der Waals surface area contributed by atoms with E-state index in [0.717, 1.165) is 18.9 Å². The Labute approximate surface area is 125 Å². The average molecular weight is 288 g/mol. The van der Waals surface area contributed by atoms with Gasteiger partial charge in [0.25, 0.3) is 0 Å². The zero-order valence-corrected chi connectivity index (χ0v) is 12.6. The highest BCUT2D eigenvalue weighted by atomic mass is 16.2. The van der Waals surface area contributed by atoms with E-state index in [9.17, 15) is 9.59 Å². The molecule has 1 heterocycles. The number of rotatable bonds is 6. The molecule has 0 radical (unpaired) electrons. The fourth-order valence-electron chi connectivity index (χ4n) is 4.54. The van der Waals surface area contributed by atoms with Crippen LogP contribution in [0.4, 0.5) is 0 Å². The summed E-state index contributed by atoms with van der Waals surface area (Å²) in [5.41, 5.74) is 0. The molecule has 5 atom stereocenters. The van der Waals surface area contributed by atoms with Crippen molar-refractivity contribution >= 4 is 11.8 Å². The van der Waals surface area contributed by atoms with Gasteiger partial charge in [0.05, 0.1) is 11.8 Å². The van der Waals surface area contributed by atoms with E-state index in [1.807, 2.05) is 0 Å². The highest BCUT2D eigenvalue weighted by Gasteiger charge is 2.58. The van der Waals surface area contributed by atoms with Crippen LogP contribution in [0.2, 0.25) is 0 Å². The van der Waals surface area contributed by atoms with Crippen molar-refractivity contribution in [1.29, 1.82) is 0 Å². The van der Waals surface area contributed by atoms with Crippen molar-refractivity contribution in [3.63, 3.8) is 0 Å². The normalized spacial score (nSPS) is 38.4. The molecule has 0 aromatic heterocycles. The summed E-state index contributed by atoms with van der Waals surface area (Å²) in [4.78, 5) is 26.5. The van der Waals surface area contributed by atoms with Gasteiger partial charge in [0, 0.05) is 19.1 Å². The van der Waals surface area contributed by atoms with Gasteiger partial charge in [0.2, 0.25) is 11.8 Å². The van der Waals surface area contributed by atoms with Gasteiger partial charge in [-0.15, -0.1) is 0 Å². The van der Waals surface area contributed by atoms with Gasteiger partial charge in [-0.05, 0) is 37.5 Å². The second-order valence-electron chi connectivity index (χ2n) is 7.36. The number of fused-ring (bicyclic) bond motifs is 5. The van der Waals surface area contributed by atoms with E-state index < -0.39 is 0 Å². The molecule has 4 heteroatoms. The first-order chi connectivity index (χ1) is 10.1.